The number of benzene rings is 1. The predicted octanol–water partition coefficient (Wildman–Crippen LogP) is 4.33. The maximum atomic E-state index is 5.79. The summed E-state index contributed by atoms with van der Waals surface area (Å²) in [5.41, 5.74) is 1.28. The number of nitrogens with one attached hydrogen (secondary N) is 1. The van der Waals surface area contributed by atoms with Crippen LogP contribution in [0.1, 0.15) is 58.6 Å². The molecule has 0 fully saturated rings. The van der Waals surface area contributed by atoms with Crippen LogP contribution in [0, 0.1) is 0 Å². The summed E-state index contributed by atoms with van der Waals surface area (Å²) in [6, 6.07) is 8.74. The van der Waals surface area contributed by atoms with Crippen LogP contribution in [-0.2, 0) is 4.74 Å². The maximum Gasteiger partial charge on any atom is 0.120 e. The Labute approximate surface area is 130 Å². The van der Waals surface area contributed by atoms with Crippen LogP contribution in [0.25, 0.3) is 0 Å². The van der Waals surface area contributed by atoms with Crippen molar-refractivity contribution in [1.82, 2.24) is 5.32 Å². The molecule has 1 rings (SSSR count). The van der Waals surface area contributed by atoms with Crippen molar-refractivity contribution in [2.24, 2.45) is 0 Å². The Morgan fingerprint density at radius 3 is 2.57 bits per heavy atom. The molecule has 0 amide bonds. The fraction of sp³-hybridized carbons (Fsp3) is 0.667. The Balaban J connectivity index is 2.66. The average Bonchev–Trinajstić information content (AvgIpc) is 2.46. The molecule has 3 nitrogen and oxygen atoms in total. The first-order valence-corrected chi connectivity index (χ1v) is 8.25. The molecule has 0 saturated carbocycles. The lowest BCUT2D eigenvalue weighted by atomic mass is 10.0. The molecule has 1 unspecified atom stereocenters. The Hall–Kier alpha value is -1.06. The van der Waals surface area contributed by atoms with Gasteiger partial charge in [-0.15, -0.1) is 0 Å². The number of rotatable bonds is 11. The van der Waals surface area contributed by atoms with Gasteiger partial charge in [0.25, 0.3) is 0 Å². The first-order valence-electron chi connectivity index (χ1n) is 8.25. The van der Waals surface area contributed by atoms with Crippen LogP contribution in [0.2, 0.25) is 0 Å². The molecule has 0 aliphatic rings. The minimum Gasteiger partial charge on any atom is -0.491 e. The summed E-state index contributed by atoms with van der Waals surface area (Å²) >= 11 is 0. The topological polar surface area (TPSA) is 30.5 Å². The molecule has 0 saturated heterocycles. The van der Waals surface area contributed by atoms with E-state index in [1.165, 1.54) is 5.56 Å². The quantitative estimate of drug-likeness (QED) is 0.616. The first-order chi connectivity index (χ1) is 10.2. The van der Waals surface area contributed by atoms with E-state index in [1.54, 1.807) is 0 Å². The van der Waals surface area contributed by atoms with Crippen LogP contribution >= 0.6 is 0 Å². The SMILES string of the molecule is CCCNC(CCOCCC)c1cccc(OC(C)C)c1. The molecule has 21 heavy (non-hydrogen) atoms. The predicted molar refractivity (Wildman–Crippen MR) is 89.0 cm³/mol. The third kappa shape index (κ3) is 7.49. The summed E-state index contributed by atoms with van der Waals surface area (Å²) in [5.74, 6) is 0.945. The van der Waals surface area contributed by atoms with E-state index in [9.17, 15) is 0 Å². The van der Waals surface area contributed by atoms with Gasteiger partial charge >= 0.3 is 0 Å². The summed E-state index contributed by atoms with van der Waals surface area (Å²) < 4.78 is 11.4. The fourth-order valence-electron chi connectivity index (χ4n) is 2.23. The van der Waals surface area contributed by atoms with Crippen molar-refractivity contribution in [3.63, 3.8) is 0 Å². The van der Waals surface area contributed by atoms with Gasteiger partial charge in [-0.05, 0) is 57.4 Å². The molecule has 1 N–H and O–H groups in total. The molecule has 1 aromatic carbocycles. The van der Waals surface area contributed by atoms with Crippen LogP contribution in [0.3, 0.4) is 0 Å². The monoisotopic (exact) mass is 293 g/mol. The minimum atomic E-state index is 0.204. The Morgan fingerprint density at radius 1 is 1.10 bits per heavy atom. The van der Waals surface area contributed by atoms with Crippen molar-refractivity contribution >= 4 is 0 Å². The van der Waals surface area contributed by atoms with Crippen LogP contribution in [0.15, 0.2) is 24.3 Å². The van der Waals surface area contributed by atoms with Crippen LogP contribution in [0.4, 0.5) is 0 Å². The van der Waals surface area contributed by atoms with Crippen molar-refractivity contribution in [1.29, 1.82) is 0 Å². The van der Waals surface area contributed by atoms with E-state index in [0.717, 1.165) is 44.8 Å². The largest absolute Gasteiger partial charge is 0.491 e. The molecule has 0 spiro atoms. The van der Waals surface area contributed by atoms with Gasteiger partial charge in [-0.1, -0.05) is 26.0 Å². The summed E-state index contributed by atoms with van der Waals surface area (Å²) in [5, 5.41) is 3.61. The fourth-order valence-corrected chi connectivity index (χ4v) is 2.23. The van der Waals surface area contributed by atoms with Gasteiger partial charge in [-0.3, -0.25) is 0 Å². The van der Waals surface area contributed by atoms with Crippen molar-refractivity contribution in [2.75, 3.05) is 19.8 Å². The molecule has 0 radical (unpaired) electrons. The van der Waals surface area contributed by atoms with Gasteiger partial charge in [0.15, 0.2) is 0 Å². The molecule has 0 bridgehead atoms. The lowest BCUT2D eigenvalue weighted by molar-refractivity contribution is 0.124. The summed E-state index contributed by atoms with van der Waals surface area (Å²) in [4.78, 5) is 0. The lowest BCUT2D eigenvalue weighted by Crippen LogP contribution is -2.23. The van der Waals surface area contributed by atoms with E-state index in [-0.39, 0.29) is 6.10 Å². The van der Waals surface area contributed by atoms with Gasteiger partial charge in [0, 0.05) is 19.3 Å². The highest BCUT2D eigenvalue weighted by Gasteiger charge is 2.11. The summed E-state index contributed by atoms with van der Waals surface area (Å²) in [6.45, 7) is 11.1. The highest BCUT2D eigenvalue weighted by Crippen LogP contribution is 2.22. The van der Waals surface area contributed by atoms with E-state index in [4.69, 9.17) is 9.47 Å². The molecule has 1 aromatic rings. The zero-order chi connectivity index (χ0) is 15.5. The Morgan fingerprint density at radius 2 is 1.90 bits per heavy atom. The third-order valence-electron chi connectivity index (χ3n) is 3.17. The van der Waals surface area contributed by atoms with E-state index in [0.29, 0.717) is 6.04 Å². The van der Waals surface area contributed by atoms with Crippen LogP contribution in [0.5, 0.6) is 5.75 Å². The number of hydrogen-bond acceptors (Lipinski definition) is 3. The molecule has 0 heterocycles. The molecule has 0 aliphatic carbocycles. The lowest BCUT2D eigenvalue weighted by Gasteiger charge is -2.20. The molecular weight excluding hydrogens is 262 g/mol. The second-order valence-electron chi connectivity index (χ2n) is 5.65. The molecule has 1 atom stereocenters. The second-order valence-corrected chi connectivity index (χ2v) is 5.65. The van der Waals surface area contributed by atoms with Gasteiger partial charge in [-0.25, -0.2) is 0 Å². The van der Waals surface area contributed by atoms with Crippen LogP contribution in [-0.4, -0.2) is 25.9 Å². The second kappa shape index (κ2) is 10.6. The van der Waals surface area contributed by atoms with Crippen molar-refractivity contribution in [2.45, 2.75) is 59.1 Å². The average molecular weight is 293 g/mol. The normalized spacial score (nSPS) is 12.6. The highest BCUT2D eigenvalue weighted by molar-refractivity contribution is 5.30. The van der Waals surface area contributed by atoms with Crippen molar-refractivity contribution < 1.29 is 9.47 Å². The number of hydrogen-bond donors (Lipinski definition) is 1. The van der Waals surface area contributed by atoms with E-state index in [1.807, 2.05) is 6.07 Å². The smallest absolute Gasteiger partial charge is 0.120 e. The summed E-state index contributed by atoms with van der Waals surface area (Å²) in [6.07, 6.45) is 3.40. The molecule has 0 aromatic heterocycles. The molecule has 0 aliphatic heterocycles. The van der Waals surface area contributed by atoms with E-state index < -0.39 is 0 Å². The van der Waals surface area contributed by atoms with Gasteiger partial charge in [0.1, 0.15) is 5.75 Å². The maximum absolute atomic E-state index is 5.79. The zero-order valence-electron chi connectivity index (χ0n) is 14.0. The first kappa shape index (κ1) is 18.0. The highest BCUT2D eigenvalue weighted by atomic mass is 16.5. The number of ether oxygens (including phenoxy) is 2. The van der Waals surface area contributed by atoms with Crippen molar-refractivity contribution in [3.05, 3.63) is 29.8 Å². The minimum absolute atomic E-state index is 0.204. The van der Waals surface area contributed by atoms with Gasteiger partial charge in [-0.2, -0.15) is 0 Å². The summed E-state index contributed by atoms with van der Waals surface area (Å²) in [7, 11) is 0. The molecular formula is C18H31NO2. The molecule has 3 heteroatoms. The van der Waals surface area contributed by atoms with Gasteiger partial charge < -0.3 is 14.8 Å². The van der Waals surface area contributed by atoms with E-state index >= 15 is 0 Å². The van der Waals surface area contributed by atoms with Crippen LogP contribution < -0.4 is 10.1 Å². The van der Waals surface area contributed by atoms with Gasteiger partial charge in [0.2, 0.25) is 0 Å². The molecule has 120 valence electrons. The third-order valence-corrected chi connectivity index (χ3v) is 3.17. The zero-order valence-corrected chi connectivity index (χ0v) is 14.0. The van der Waals surface area contributed by atoms with Gasteiger partial charge in [0.05, 0.1) is 6.10 Å². The standard InChI is InChI=1S/C18H31NO2/c1-5-11-19-18(10-13-20-12-6-2)16-8-7-9-17(14-16)21-15(3)4/h7-9,14-15,18-19H,5-6,10-13H2,1-4H3. The van der Waals surface area contributed by atoms with Crippen molar-refractivity contribution in [3.8, 4) is 5.75 Å². The Kier molecular flexibility index (Phi) is 9.11. The Bertz CT molecular complexity index is 379. The van der Waals surface area contributed by atoms with E-state index in [2.05, 4.69) is 51.2 Å².